The van der Waals surface area contributed by atoms with Crippen molar-refractivity contribution in [2.75, 3.05) is 0 Å². The lowest BCUT2D eigenvalue weighted by Crippen LogP contribution is -2.32. The molecule has 0 amide bonds. The van der Waals surface area contributed by atoms with Crippen molar-refractivity contribution in [3.05, 3.63) is 12.7 Å². The van der Waals surface area contributed by atoms with Crippen LogP contribution in [0.2, 0.25) is 0 Å². The summed E-state index contributed by atoms with van der Waals surface area (Å²) in [6.07, 6.45) is 3.51. The molecule has 0 aromatic carbocycles. The molecule has 0 saturated heterocycles. The van der Waals surface area contributed by atoms with Gasteiger partial charge in [0.2, 0.25) is 5.92 Å². The van der Waals surface area contributed by atoms with Crippen LogP contribution in [-0.2, 0) is 0 Å². The van der Waals surface area contributed by atoms with Crippen molar-refractivity contribution >= 4 is 0 Å². The topological polar surface area (TPSA) is 23.8 Å². The van der Waals surface area contributed by atoms with E-state index in [1.807, 2.05) is 0 Å². The third kappa shape index (κ3) is 2.54. The highest BCUT2D eigenvalue weighted by atomic mass is 19.3. The van der Waals surface area contributed by atoms with Gasteiger partial charge in [-0.2, -0.15) is 5.26 Å². The first-order valence-corrected chi connectivity index (χ1v) is 4.94. The van der Waals surface area contributed by atoms with E-state index in [4.69, 9.17) is 5.26 Å². The quantitative estimate of drug-likeness (QED) is 0.636. The molecular formula is C11H15F2N. The van der Waals surface area contributed by atoms with Gasteiger partial charge in [0, 0.05) is 12.8 Å². The summed E-state index contributed by atoms with van der Waals surface area (Å²) in [5, 5.41) is 9.01. The third-order valence-electron chi connectivity index (χ3n) is 3.00. The van der Waals surface area contributed by atoms with Crippen molar-refractivity contribution in [3.8, 4) is 6.07 Å². The highest BCUT2D eigenvalue weighted by Gasteiger charge is 2.42. The molecule has 1 saturated carbocycles. The second-order valence-electron chi connectivity index (χ2n) is 4.08. The van der Waals surface area contributed by atoms with Gasteiger partial charge in [0.05, 0.1) is 11.5 Å². The van der Waals surface area contributed by atoms with Crippen molar-refractivity contribution < 1.29 is 8.78 Å². The molecule has 0 atom stereocenters. The zero-order valence-electron chi connectivity index (χ0n) is 8.23. The van der Waals surface area contributed by atoms with Gasteiger partial charge in [-0.3, -0.25) is 0 Å². The molecule has 0 bridgehead atoms. The van der Waals surface area contributed by atoms with Crippen LogP contribution >= 0.6 is 0 Å². The zero-order chi connectivity index (χ0) is 10.7. The second kappa shape index (κ2) is 4.08. The molecule has 14 heavy (non-hydrogen) atoms. The fraction of sp³-hybridized carbons (Fsp3) is 0.727. The first kappa shape index (κ1) is 11.2. The molecule has 0 aliphatic heterocycles. The number of rotatable bonds is 3. The van der Waals surface area contributed by atoms with Crippen LogP contribution in [0.5, 0.6) is 0 Å². The Kier molecular flexibility index (Phi) is 3.25. The molecule has 0 aromatic heterocycles. The fourth-order valence-electron chi connectivity index (χ4n) is 1.89. The van der Waals surface area contributed by atoms with E-state index in [0.29, 0.717) is 19.3 Å². The number of nitrogens with zero attached hydrogens (tertiary/aromatic N) is 1. The average molecular weight is 199 g/mol. The standard InChI is InChI=1S/C11H15F2N/c1-2-3-4-10(9-14)5-7-11(12,13)8-6-10/h2H,1,3-8H2. The number of hydrogen-bond acceptors (Lipinski definition) is 1. The summed E-state index contributed by atoms with van der Waals surface area (Å²) in [5.41, 5.74) is -0.518. The highest BCUT2D eigenvalue weighted by Crippen LogP contribution is 2.45. The van der Waals surface area contributed by atoms with Crippen LogP contribution in [0.1, 0.15) is 38.5 Å². The van der Waals surface area contributed by atoms with Gasteiger partial charge in [-0.05, 0) is 25.7 Å². The van der Waals surface area contributed by atoms with Crippen molar-refractivity contribution in [1.29, 1.82) is 5.26 Å². The fourth-order valence-corrected chi connectivity index (χ4v) is 1.89. The smallest absolute Gasteiger partial charge is 0.207 e. The summed E-state index contributed by atoms with van der Waals surface area (Å²) in [6, 6.07) is 2.21. The first-order valence-electron chi connectivity index (χ1n) is 4.94. The number of nitriles is 1. The SMILES string of the molecule is C=CCCC1(C#N)CCC(F)(F)CC1. The van der Waals surface area contributed by atoms with E-state index in [9.17, 15) is 8.78 Å². The van der Waals surface area contributed by atoms with Crippen LogP contribution in [0.25, 0.3) is 0 Å². The van der Waals surface area contributed by atoms with E-state index in [0.717, 1.165) is 6.42 Å². The van der Waals surface area contributed by atoms with Crippen LogP contribution in [0.15, 0.2) is 12.7 Å². The minimum Gasteiger partial charge on any atom is -0.207 e. The Balaban J connectivity index is 2.58. The maximum atomic E-state index is 12.9. The van der Waals surface area contributed by atoms with Gasteiger partial charge >= 0.3 is 0 Å². The van der Waals surface area contributed by atoms with Gasteiger partial charge in [-0.15, -0.1) is 6.58 Å². The molecule has 0 aromatic rings. The van der Waals surface area contributed by atoms with Gasteiger partial charge < -0.3 is 0 Å². The van der Waals surface area contributed by atoms with Gasteiger partial charge in [0.25, 0.3) is 0 Å². The third-order valence-corrected chi connectivity index (χ3v) is 3.00. The van der Waals surface area contributed by atoms with Gasteiger partial charge in [-0.25, -0.2) is 8.78 Å². The van der Waals surface area contributed by atoms with Crippen LogP contribution in [0.4, 0.5) is 8.78 Å². The molecule has 1 rings (SSSR count). The van der Waals surface area contributed by atoms with E-state index >= 15 is 0 Å². The number of allylic oxidation sites excluding steroid dienone is 1. The largest absolute Gasteiger partial charge is 0.248 e. The summed E-state index contributed by atoms with van der Waals surface area (Å²) >= 11 is 0. The average Bonchev–Trinajstić information content (AvgIpc) is 2.18. The summed E-state index contributed by atoms with van der Waals surface area (Å²) < 4.78 is 25.8. The molecule has 0 radical (unpaired) electrons. The summed E-state index contributed by atoms with van der Waals surface area (Å²) in [7, 11) is 0. The molecule has 0 heterocycles. The van der Waals surface area contributed by atoms with E-state index in [2.05, 4.69) is 12.6 Å². The lowest BCUT2D eigenvalue weighted by molar-refractivity contribution is -0.0574. The lowest BCUT2D eigenvalue weighted by atomic mass is 9.71. The van der Waals surface area contributed by atoms with Crippen LogP contribution in [0.3, 0.4) is 0 Å². The maximum Gasteiger partial charge on any atom is 0.248 e. The van der Waals surface area contributed by atoms with Gasteiger partial charge in [0.15, 0.2) is 0 Å². The Labute approximate surface area is 83.4 Å². The highest BCUT2D eigenvalue weighted by molar-refractivity contribution is 5.03. The molecule has 3 heteroatoms. The van der Waals surface area contributed by atoms with Crippen LogP contribution in [-0.4, -0.2) is 5.92 Å². The molecule has 0 N–H and O–H groups in total. The number of halogens is 2. The van der Waals surface area contributed by atoms with E-state index in [1.54, 1.807) is 6.08 Å². The predicted molar refractivity (Wildman–Crippen MR) is 50.9 cm³/mol. The number of alkyl halides is 2. The Morgan fingerprint density at radius 3 is 2.29 bits per heavy atom. The first-order chi connectivity index (χ1) is 6.54. The van der Waals surface area contributed by atoms with Crippen molar-refractivity contribution in [3.63, 3.8) is 0 Å². The second-order valence-corrected chi connectivity index (χ2v) is 4.08. The van der Waals surface area contributed by atoms with Gasteiger partial charge in [-0.1, -0.05) is 6.08 Å². The Bertz CT molecular complexity index is 243. The van der Waals surface area contributed by atoms with Crippen molar-refractivity contribution in [2.45, 2.75) is 44.4 Å². The molecule has 1 fully saturated rings. The zero-order valence-corrected chi connectivity index (χ0v) is 8.23. The van der Waals surface area contributed by atoms with Crippen molar-refractivity contribution in [2.24, 2.45) is 5.41 Å². The molecule has 1 aliphatic carbocycles. The molecule has 1 nitrogen and oxygen atoms in total. The summed E-state index contributed by atoms with van der Waals surface area (Å²) in [4.78, 5) is 0. The Hall–Kier alpha value is -0.910. The van der Waals surface area contributed by atoms with Crippen LogP contribution < -0.4 is 0 Å². The van der Waals surface area contributed by atoms with E-state index in [-0.39, 0.29) is 12.8 Å². The van der Waals surface area contributed by atoms with Crippen LogP contribution in [0, 0.1) is 16.7 Å². The normalized spacial score (nSPS) is 23.8. The molecule has 0 spiro atoms. The van der Waals surface area contributed by atoms with E-state index < -0.39 is 11.3 Å². The molecule has 0 unspecified atom stereocenters. The minimum absolute atomic E-state index is 0.141. The summed E-state index contributed by atoms with van der Waals surface area (Å²) in [5.74, 6) is -2.55. The maximum absolute atomic E-state index is 12.9. The molecular weight excluding hydrogens is 184 g/mol. The molecule has 1 aliphatic rings. The predicted octanol–water partition coefficient (Wildman–Crippen LogP) is 3.67. The van der Waals surface area contributed by atoms with Crippen molar-refractivity contribution in [1.82, 2.24) is 0 Å². The number of hydrogen-bond donors (Lipinski definition) is 0. The lowest BCUT2D eigenvalue weighted by Gasteiger charge is -2.34. The molecule has 78 valence electrons. The van der Waals surface area contributed by atoms with Gasteiger partial charge in [0.1, 0.15) is 0 Å². The minimum atomic E-state index is -2.55. The monoisotopic (exact) mass is 199 g/mol. The summed E-state index contributed by atoms with van der Waals surface area (Å²) in [6.45, 7) is 3.58. The Morgan fingerprint density at radius 1 is 1.29 bits per heavy atom. The Morgan fingerprint density at radius 2 is 1.86 bits per heavy atom. The van der Waals surface area contributed by atoms with E-state index in [1.165, 1.54) is 0 Å².